The van der Waals surface area contributed by atoms with Crippen molar-refractivity contribution in [3.05, 3.63) is 0 Å². The molecule has 0 aliphatic carbocycles. The monoisotopic (exact) mass is 426 g/mol. The lowest BCUT2D eigenvalue weighted by Gasteiger charge is -2.23. The molecule has 0 aliphatic heterocycles. The lowest BCUT2D eigenvalue weighted by Crippen LogP contribution is -2.28. The van der Waals surface area contributed by atoms with Gasteiger partial charge in [0.1, 0.15) is 6.29 Å². The van der Waals surface area contributed by atoms with Crippen molar-refractivity contribution in [2.75, 3.05) is 6.61 Å². The van der Waals surface area contributed by atoms with Crippen LogP contribution in [0.25, 0.3) is 0 Å². The van der Waals surface area contributed by atoms with E-state index in [1.807, 2.05) is 0 Å². The molecule has 0 bridgehead atoms. The topological polar surface area (TPSA) is 18.5 Å². The Labute approximate surface area is 189 Å². The lowest BCUT2D eigenvalue weighted by atomic mass is 10.1. The summed E-state index contributed by atoms with van der Waals surface area (Å²) < 4.78 is 12.9. The molecule has 1 atom stereocenters. The first kappa shape index (κ1) is 29.5. The van der Waals surface area contributed by atoms with Gasteiger partial charge in [-0.1, -0.05) is 141 Å². The van der Waals surface area contributed by atoms with Crippen molar-refractivity contribution in [2.45, 2.75) is 160 Å². The molecule has 0 rings (SSSR count). The van der Waals surface area contributed by atoms with Gasteiger partial charge in [0.15, 0.2) is 0 Å². The molecule has 0 amide bonds. The third-order valence-corrected chi connectivity index (χ3v) is 8.72. The van der Waals surface area contributed by atoms with Crippen LogP contribution < -0.4 is 0 Å². The van der Waals surface area contributed by atoms with Crippen LogP contribution in [0.2, 0.25) is 10.6 Å². The summed E-state index contributed by atoms with van der Waals surface area (Å²) in [5.41, 5.74) is 0. The van der Waals surface area contributed by atoms with Gasteiger partial charge in [-0.15, -0.1) is 0 Å². The summed E-state index contributed by atoms with van der Waals surface area (Å²) in [5, 5.41) is 2.72. The summed E-state index contributed by atoms with van der Waals surface area (Å²) >= 11 is -1.13. The largest absolute Gasteiger partial charge is 0.478 e. The van der Waals surface area contributed by atoms with Crippen molar-refractivity contribution < 1.29 is 8.53 Å². The molecule has 1 unspecified atom stereocenters. The molecule has 0 saturated heterocycles. The van der Waals surface area contributed by atoms with E-state index in [2.05, 4.69) is 27.7 Å². The maximum atomic E-state index is 6.67. The molecule has 0 saturated carbocycles. The molecule has 3 heteroatoms. The minimum absolute atomic E-state index is 0.0819. The third-order valence-electron chi connectivity index (χ3n) is 5.93. The summed E-state index contributed by atoms with van der Waals surface area (Å²) in [6.45, 7) is 10.0. The van der Waals surface area contributed by atoms with Crippen molar-refractivity contribution in [1.82, 2.24) is 0 Å². The van der Waals surface area contributed by atoms with E-state index in [0.29, 0.717) is 0 Å². The second-order valence-corrected chi connectivity index (χ2v) is 11.7. The first-order chi connectivity index (χ1) is 14.3. The van der Waals surface area contributed by atoms with Gasteiger partial charge in [0.05, 0.1) is 0 Å². The Morgan fingerprint density at radius 3 is 1.45 bits per heavy atom. The Kier molecular flexibility index (Phi) is 25.1. The van der Waals surface area contributed by atoms with Gasteiger partial charge in [0.2, 0.25) is 0 Å². The average Bonchev–Trinajstić information content (AvgIpc) is 2.72. The van der Waals surface area contributed by atoms with Crippen LogP contribution in [-0.2, 0) is 8.53 Å². The van der Waals surface area contributed by atoms with Gasteiger partial charge in [-0.3, -0.25) is 0 Å². The van der Waals surface area contributed by atoms with E-state index in [9.17, 15) is 0 Å². The SMILES string of the molecule is CCCCCCC[CH2][Al]([CH2]CCCCCCC)[O]C(CCC)OCCCCCC. The normalized spacial score (nSPS) is 12.4. The summed E-state index contributed by atoms with van der Waals surface area (Å²) in [6, 6.07) is 0. The second-order valence-electron chi connectivity index (χ2n) is 9.02. The van der Waals surface area contributed by atoms with E-state index in [-0.39, 0.29) is 6.29 Å². The second kappa shape index (κ2) is 24.7. The van der Waals surface area contributed by atoms with Gasteiger partial charge >= 0.3 is 14.5 Å². The molecule has 174 valence electrons. The molecular weight excluding hydrogens is 371 g/mol. The third kappa shape index (κ3) is 21.5. The maximum Gasteiger partial charge on any atom is 0.462 e. The fourth-order valence-corrected chi connectivity index (χ4v) is 6.66. The van der Waals surface area contributed by atoms with Crippen molar-refractivity contribution in [3.8, 4) is 0 Å². The van der Waals surface area contributed by atoms with Crippen LogP contribution in [0.1, 0.15) is 143 Å². The predicted molar refractivity (Wildman–Crippen MR) is 132 cm³/mol. The fraction of sp³-hybridized carbons (Fsp3) is 1.00. The molecule has 0 N–H and O–H groups in total. The molecule has 0 heterocycles. The van der Waals surface area contributed by atoms with E-state index in [1.165, 1.54) is 113 Å². The molecule has 0 spiro atoms. The van der Waals surface area contributed by atoms with E-state index in [1.54, 1.807) is 0 Å². The maximum absolute atomic E-state index is 6.67. The van der Waals surface area contributed by atoms with Crippen molar-refractivity contribution in [1.29, 1.82) is 0 Å². The average molecular weight is 427 g/mol. The van der Waals surface area contributed by atoms with Crippen LogP contribution in [0.4, 0.5) is 0 Å². The Hall–Kier alpha value is 0.452. The van der Waals surface area contributed by atoms with Crippen LogP contribution in [0.15, 0.2) is 0 Å². The highest BCUT2D eigenvalue weighted by molar-refractivity contribution is 6.51. The molecule has 0 aliphatic rings. The standard InChI is InChI=1S/C10H21O2.2C8H17.Al/c1-3-5-6-7-9-12-10(11)8-4-2;2*1-3-5-7-8-6-4-2;/h10H,3-9H2,1-2H3;2*1,3-8H2,2H3;/q-1;;;+1. The fourth-order valence-electron chi connectivity index (χ4n) is 3.97. The zero-order chi connectivity index (χ0) is 21.4. The van der Waals surface area contributed by atoms with Gasteiger partial charge in [0.25, 0.3) is 0 Å². The minimum Gasteiger partial charge on any atom is -0.478 e. The van der Waals surface area contributed by atoms with E-state index in [0.717, 1.165) is 19.4 Å². The smallest absolute Gasteiger partial charge is 0.462 e. The predicted octanol–water partition coefficient (Wildman–Crippen LogP) is 9.44. The zero-order valence-electron chi connectivity index (χ0n) is 20.8. The van der Waals surface area contributed by atoms with Crippen LogP contribution >= 0.6 is 0 Å². The summed E-state index contributed by atoms with van der Waals surface area (Å²) in [6.07, 6.45) is 24.1. The molecule has 0 fully saturated rings. The van der Waals surface area contributed by atoms with Gasteiger partial charge < -0.3 is 8.53 Å². The van der Waals surface area contributed by atoms with Crippen molar-refractivity contribution in [3.63, 3.8) is 0 Å². The van der Waals surface area contributed by atoms with Crippen molar-refractivity contribution in [2.24, 2.45) is 0 Å². The van der Waals surface area contributed by atoms with Gasteiger partial charge in [-0.25, -0.2) is 0 Å². The zero-order valence-corrected chi connectivity index (χ0v) is 22.0. The minimum atomic E-state index is -1.13. The molecule has 0 aromatic heterocycles. The molecule has 29 heavy (non-hydrogen) atoms. The highest BCUT2D eigenvalue weighted by Crippen LogP contribution is 2.19. The molecule has 0 aromatic rings. The highest BCUT2D eigenvalue weighted by Gasteiger charge is 2.24. The van der Waals surface area contributed by atoms with Gasteiger partial charge in [-0.2, -0.15) is 0 Å². The van der Waals surface area contributed by atoms with E-state index in [4.69, 9.17) is 8.53 Å². The van der Waals surface area contributed by atoms with Crippen LogP contribution in [0.3, 0.4) is 0 Å². The number of ether oxygens (including phenoxy) is 1. The van der Waals surface area contributed by atoms with Gasteiger partial charge in [0, 0.05) is 6.61 Å². The van der Waals surface area contributed by atoms with Crippen LogP contribution in [0.5, 0.6) is 0 Å². The summed E-state index contributed by atoms with van der Waals surface area (Å²) in [5.74, 6) is 0. The van der Waals surface area contributed by atoms with Crippen LogP contribution in [0, 0.1) is 0 Å². The number of hydrogen-bond acceptors (Lipinski definition) is 2. The highest BCUT2D eigenvalue weighted by atomic mass is 27.2. The first-order valence-electron chi connectivity index (χ1n) is 13.5. The Balaban J connectivity index is 4.28. The number of rotatable bonds is 24. The van der Waals surface area contributed by atoms with Crippen molar-refractivity contribution >= 4 is 14.5 Å². The molecule has 0 radical (unpaired) electrons. The number of unbranched alkanes of at least 4 members (excludes halogenated alkanes) is 13. The summed E-state index contributed by atoms with van der Waals surface area (Å²) in [7, 11) is 0. The quantitative estimate of drug-likeness (QED) is 0.0869. The lowest BCUT2D eigenvalue weighted by molar-refractivity contribution is -0.0889. The van der Waals surface area contributed by atoms with Crippen LogP contribution in [-0.4, -0.2) is 27.4 Å². The number of hydrogen-bond donors (Lipinski definition) is 0. The molecule has 2 nitrogen and oxygen atoms in total. The molecular formula is C26H55AlO2. The van der Waals surface area contributed by atoms with E-state index < -0.39 is 14.5 Å². The Bertz CT molecular complexity index is 282. The summed E-state index contributed by atoms with van der Waals surface area (Å²) in [4.78, 5) is 0. The first-order valence-corrected chi connectivity index (χ1v) is 15.7. The molecule has 0 aromatic carbocycles. The van der Waals surface area contributed by atoms with E-state index >= 15 is 0 Å². The Morgan fingerprint density at radius 2 is 0.966 bits per heavy atom. The van der Waals surface area contributed by atoms with Gasteiger partial charge in [-0.05, 0) is 12.8 Å². The Morgan fingerprint density at radius 1 is 0.517 bits per heavy atom.